The summed E-state index contributed by atoms with van der Waals surface area (Å²) in [7, 11) is -3.81. The molecule has 1 amide bonds. The number of rotatable bonds is 5. The van der Waals surface area contributed by atoms with E-state index in [1.807, 2.05) is 30.3 Å². The molecule has 31 heavy (non-hydrogen) atoms. The van der Waals surface area contributed by atoms with Gasteiger partial charge in [-0.3, -0.25) is 4.79 Å². The second-order valence-corrected chi connectivity index (χ2v) is 10.4. The molecule has 1 aliphatic rings. The highest BCUT2D eigenvalue weighted by Gasteiger charge is 2.35. The first-order chi connectivity index (χ1) is 14.9. The van der Waals surface area contributed by atoms with E-state index in [9.17, 15) is 13.2 Å². The second kappa shape index (κ2) is 7.56. The molecular weight excluding hydrogens is 434 g/mol. The average Bonchev–Trinajstić information content (AvgIpc) is 3.34. The third-order valence-electron chi connectivity index (χ3n) is 5.37. The number of thiophene rings is 1. The lowest BCUT2D eigenvalue weighted by molar-refractivity contribution is -0.129. The molecule has 158 valence electrons. The van der Waals surface area contributed by atoms with Crippen molar-refractivity contribution in [2.24, 2.45) is 0 Å². The van der Waals surface area contributed by atoms with Crippen LogP contribution in [0.15, 0.2) is 59.1 Å². The van der Waals surface area contributed by atoms with Gasteiger partial charge in [0.25, 0.3) is 10.0 Å². The molecule has 0 unspecified atom stereocenters. The van der Waals surface area contributed by atoms with E-state index in [-0.39, 0.29) is 10.1 Å². The first-order valence-electron chi connectivity index (χ1n) is 9.69. The van der Waals surface area contributed by atoms with Crippen LogP contribution in [0, 0.1) is 0 Å². The first kappa shape index (κ1) is 19.9. The maximum Gasteiger partial charge on any atom is 0.250 e. The number of nitrogens with two attached hydrogens (primary N) is 1. The van der Waals surface area contributed by atoms with Crippen LogP contribution < -0.4 is 10.5 Å². The van der Waals surface area contributed by atoms with Gasteiger partial charge in [0.15, 0.2) is 0 Å². The van der Waals surface area contributed by atoms with Crippen LogP contribution in [0.25, 0.3) is 21.0 Å². The standard InChI is InChI=1S/C21H19N5O3S2/c22-19-16-10-13(3-4-14(16)5-8-23-19)12-26-9-6-17(21(26)27)25-31(28,29)18-11-15-2-1-7-24-20(15)30-18/h1-5,7-8,10-11,17,25H,6,9,12H2,(H2,22,23)/t17-/m0/s1. The monoisotopic (exact) mass is 453 g/mol. The van der Waals surface area contributed by atoms with Gasteiger partial charge >= 0.3 is 0 Å². The number of anilines is 1. The van der Waals surface area contributed by atoms with Gasteiger partial charge in [0.05, 0.1) is 0 Å². The molecule has 0 spiro atoms. The number of nitrogens with one attached hydrogen (secondary N) is 1. The Kier molecular flexibility index (Phi) is 4.84. The number of fused-ring (bicyclic) bond motifs is 2. The predicted molar refractivity (Wildman–Crippen MR) is 120 cm³/mol. The number of carbonyl (C=O) groups is 1. The summed E-state index contributed by atoms with van der Waals surface area (Å²) in [5, 5.41) is 2.58. The number of amides is 1. The number of nitrogen functional groups attached to an aromatic ring is 1. The van der Waals surface area contributed by atoms with E-state index in [0.717, 1.165) is 33.1 Å². The van der Waals surface area contributed by atoms with E-state index < -0.39 is 16.1 Å². The second-order valence-electron chi connectivity index (χ2n) is 7.44. The highest BCUT2D eigenvalue weighted by Crippen LogP contribution is 2.28. The van der Waals surface area contributed by atoms with Gasteiger partial charge in [-0.25, -0.2) is 18.4 Å². The smallest absolute Gasteiger partial charge is 0.250 e. The summed E-state index contributed by atoms with van der Waals surface area (Å²) in [4.78, 5) is 23.5. The zero-order valence-corrected chi connectivity index (χ0v) is 18.0. The van der Waals surface area contributed by atoms with E-state index >= 15 is 0 Å². The average molecular weight is 454 g/mol. The van der Waals surface area contributed by atoms with E-state index in [4.69, 9.17) is 5.73 Å². The van der Waals surface area contributed by atoms with Crippen LogP contribution in [-0.2, 0) is 21.4 Å². The molecule has 1 saturated heterocycles. The fourth-order valence-electron chi connectivity index (χ4n) is 3.79. The van der Waals surface area contributed by atoms with Gasteiger partial charge in [0, 0.05) is 36.3 Å². The zero-order valence-electron chi connectivity index (χ0n) is 16.4. The summed E-state index contributed by atoms with van der Waals surface area (Å²) in [6.07, 6.45) is 3.70. The van der Waals surface area contributed by atoms with Crippen molar-refractivity contribution in [3.8, 4) is 0 Å². The van der Waals surface area contributed by atoms with Crippen molar-refractivity contribution in [2.75, 3.05) is 12.3 Å². The van der Waals surface area contributed by atoms with Crippen molar-refractivity contribution in [1.29, 1.82) is 0 Å². The molecule has 4 heterocycles. The van der Waals surface area contributed by atoms with E-state index in [0.29, 0.717) is 30.2 Å². The Morgan fingerprint density at radius 2 is 2.00 bits per heavy atom. The van der Waals surface area contributed by atoms with Gasteiger partial charge in [-0.15, -0.1) is 11.3 Å². The molecule has 1 fully saturated rings. The summed E-state index contributed by atoms with van der Waals surface area (Å²) >= 11 is 1.09. The minimum Gasteiger partial charge on any atom is -0.383 e. The fourth-order valence-corrected chi connectivity index (χ4v) is 6.34. The van der Waals surface area contributed by atoms with Crippen LogP contribution in [0.4, 0.5) is 5.82 Å². The Hall–Kier alpha value is -3.08. The Labute approximate surface area is 182 Å². The highest BCUT2D eigenvalue weighted by molar-refractivity contribution is 7.91. The number of pyridine rings is 2. The maximum absolute atomic E-state index is 12.9. The summed E-state index contributed by atoms with van der Waals surface area (Å²) in [6.45, 7) is 0.856. The molecule has 1 aromatic carbocycles. The Balaban J connectivity index is 1.32. The quantitative estimate of drug-likeness (QED) is 0.479. The molecule has 0 radical (unpaired) electrons. The number of likely N-dealkylation sites (tertiary alicyclic amines) is 1. The molecule has 3 aromatic heterocycles. The Bertz CT molecular complexity index is 1380. The topological polar surface area (TPSA) is 118 Å². The van der Waals surface area contributed by atoms with Gasteiger partial charge in [-0.2, -0.15) is 4.72 Å². The number of sulfonamides is 1. The fraction of sp³-hybridized carbons (Fsp3) is 0.190. The lowest BCUT2D eigenvalue weighted by atomic mass is 10.1. The number of aromatic nitrogens is 2. The van der Waals surface area contributed by atoms with Crippen molar-refractivity contribution < 1.29 is 13.2 Å². The molecule has 3 N–H and O–H groups in total. The lowest BCUT2D eigenvalue weighted by Crippen LogP contribution is -2.41. The van der Waals surface area contributed by atoms with Crippen LogP contribution in [0.5, 0.6) is 0 Å². The number of hydrogen-bond acceptors (Lipinski definition) is 7. The Morgan fingerprint density at radius 1 is 1.13 bits per heavy atom. The molecule has 4 aromatic rings. The number of hydrogen-bond donors (Lipinski definition) is 2. The zero-order chi connectivity index (χ0) is 21.6. The minimum absolute atomic E-state index is 0.157. The van der Waals surface area contributed by atoms with Crippen LogP contribution in [-0.4, -0.2) is 41.8 Å². The van der Waals surface area contributed by atoms with Crippen LogP contribution >= 0.6 is 11.3 Å². The van der Waals surface area contributed by atoms with Gasteiger partial charge in [0.2, 0.25) is 5.91 Å². The molecule has 10 heteroatoms. The van der Waals surface area contributed by atoms with Crippen LogP contribution in [0.3, 0.4) is 0 Å². The van der Waals surface area contributed by atoms with Gasteiger partial charge in [-0.05, 0) is 41.6 Å². The summed E-state index contributed by atoms with van der Waals surface area (Å²) < 4.78 is 28.4. The molecule has 0 aliphatic carbocycles. The SMILES string of the molecule is Nc1nccc2ccc(CN3CC[C@H](NS(=O)(=O)c4cc5cccnc5s4)C3=O)cc12. The molecule has 8 nitrogen and oxygen atoms in total. The molecular formula is C21H19N5O3S2. The first-order valence-corrected chi connectivity index (χ1v) is 12.0. The van der Waals surface area contributed by atoms with Gasteiger partial charge in [-0.1, -0.05) is 18.2 Å². The molecule has 5 rings (SSSR count). The molecule has 1 aliphatic heterocycles. The van der Waals surface area contributed by atoms with E-state index in [2.05, 4.69) is 14.7 Å². The summed E-state index contributed by atoms with van der Waals surface area (Å²) in [5.74, 6) is 0.206. The molecule has 1 atom stereocenters. The highest BCUT2D eigenvalue weighted by atomic mass is 32.2. The van der Waals surface area contributed by atoms with Crippen molar-refractivity contribution in [3.05, 3.63) is 60.4 Å². The number of carbonyl (C=O) groups excluding carboxylic acids is 1. The van der Waals surface area contributed by atoms with Crippen molar-refractivity contribution >= 4 is 54.1 Å². The molecule has 0 bridgehead atoms. The lowest BCUT2D eigenvalue weighted by Gasteiger charge is -2.17. The van der Waals surface area contributed by atoms with E-state index in [1.54, 1.807) is 29.4 Å². The predicted octanol–water partition coefficient (Wildman–Crippen LogP) is 2.51. The largest absolute Gasteiger partial charge is 0.383 e. The third kappa shape index (κ3) is 3.73. The normalized spacial score (nSPS) is 17.1. The van der Waals surface area contributed by atoms with Crippen LogP contribution in [0.2, 0.25) is 0 Å². The third-order valence-corrected chi connectivity index (χ3v) is 8.37. The van der Waals surface area contributed by atoms with Crippen LogP contribution in [0.1, 0.15) is 12.0 Å². The van der Waals surface area contributed by atoms with Crippen molar-refractivity contribution in [3.63, 3.8) is 0 Å². The summed E-state index contributed by atoms with van der Waals surface area (Å²) in [5.41, 5.74) is 6.88. The number of nitrogens with zero attached hydrogens (tertiary/aromatic N) is 3. The van der Waals surface area contributed by atoms with Gasteiger partial charge < -0.3 is 10.6 Å². The van der Waals surface area contributed by atoms with Crippen molar-refractivity contribution in [1.82, 2.24) is 19.6 Å². The number of benzene rings is 1. The Morgan fingerprint density at radius 3 is 2.84 bits per heavy atom. The summed E-state index contributed by atoms with van der Waals surface area (Å²) in [6, 6.07) is 12.1. The van der Waals surface area contributed by atoms with E-state index in [1.165, 1.54) is 0 Å². The minimum atomic E-state index is -3.81. The molecule has 0 saturated carbocycles. The maximum atomic E-state index is 12.9. The van der Waals surface area contributed by atoms with Gasteiger partial charge in [0.1, 0.15) is 20.9 Å². The van der Waals surface area contributed by atoms with Crippen molar-refractivity contribution in [2.45, 2.75) is 23.2 Å².